The molecule has 178 valence electrons. The van der Waals surface area contributed by atoms with Crippen LogP contribution in [0, 0.1) is 5.82 Å². The van der Waals surface area contributed by atoms with Crippen molar-refractivity contribution in [1.82, 2.24) is 4.90 Å². The van der Waals surface area contributed by atoms with Crippen LogP contribution in [0.2, 0.25) is 5.02 Å². The van der Waals surface area contributed by atoms with Crippen LogP contribution >= 0.6 is 11.6 Å². The number of carbonyl (C=O) groups is 1. The van der Waals surface area contributed by atoms with Crippen molar-refractivity contribution in [2.75, 3.05) is 6.54 Å². The van der Waals surface area contributed by atoms with Gasteiger partial charge in [0, 0.05) is 22.6 Å². The molecule has 0 radical (unpaired) electrons. The zero-order valence-corrected chi connectivity index (χ0v) is 18.8. The van der Waals surface area contributed by atoms with Gasteiger partial charge in [-0.25, -0.2) is 18.6 Å². The molecule has 1 fully saturated rings. The van der Waals surface area contributed by atoms with Gasteiger partial charge in [0.1, 0.15) is 17.5 Å². The van der Waals surface area contributed by atoms with Gasteiger partial charge in [0.05, 0.1) is 18.3 Å². The van der Waals surface area contributed by atoms with E-state index in [9.17, 15) is 22.4 Å². The Bertz CT molecular complexity index is 1070. The third kappa shape index (κ3) is 5.82. The van der Waals surface area contributed by atoms with Gasteiger partial charge in [0.2, 0.25) is 0 Å². The Morgan fingerprint density at radius 1 is 1.09 bits per heavy atom. The normalized spacial score (nSPS) is 19.7. The number of nitrogens with zero attached hydrogens (tertiary/aromatic N) is 2. The maximum absolute atomic E-state index is 15.2. The molecule has 0 spiro atoms. The van der Waals surface area contributed by atoms with Crippen molar-refractivity contribution in [3.05, 3.63) is 53.3 Å². The summed E-state index contributed by atoms with van der Waals surface area (Å²) in [4.78, 5) is 16.7. The Hall–Kier alpha value is -2.68. The topological polar surface area (TPSA) is 41.9 Å². The highest BCUT2D eigenvalue weighted by Gasteiger charge is 2.49. The van der Waals surface area contributed by atoms with Crippen LogP contribution in [-0.4, -0.2) is 47.2 Å². The molecule has 33 heavy (non-hydrogen) atoms. The number of alkyl halides is 4. The van der Waals surface area contributed by atoms with Gasteiger partial charge in [0.25, 0.3) is 0 Å². The van der Waals surface area contributed by atoms with E-state index in [-0.39, 0.29) is 16.1 Å². The van der Waals surface area contributed by atoms with Crippen LogP contribution < -0.4 is 0 Å². The minimum atomic E-state index is -5.05. The molecule has 0 unspecified atom stereocenters. The highest BCUT2D eigenvalue weighted by atomic mass is 35.5. The molecular weight excluding hydrogens is 467 g/mol. The summed E-state index contributed by atoms with van der Waals surface area (Å²) in [5.41, 5.74) is -2.85. The van der Waals surface area contributed by atoms with Crippen molar-refractivity contribution < 1.29 is 31.5 Å². The standard InChI is InChI=1S/C23H22ClF5N2O2/c1-22(2,3)33-21(32)31-12-13(25)11-18(31)20(23(27,28)29)30-17-10-6-8-15(19(17)26)14-7-4-5-9-16(14)24/h4-10,13,18H,11-12H2,1-3H3/b30-20+/t13-,18+/m1/s1. The second-order valence-electron chi connectivity index (χ2n) is 8.59. The molecule has 0 bridgehead atoms. The highest BCUT2D eigenvalue weighted by Crippen LogP contribution is 2.36. The smallest absolute Gasteiger partial charge is 0.431 e. The lowest BCUT2D eigenvalue weighted by Crippen LogP contribution is -2.47. The third-order valence-corrected chi connectivity index (χ3v) is 5.20. The molecule has 3 rings (SSSR count). The number of aliphatic imine (C=N–C) groups is 1. The maximum Gasteiger partial charge on any atom is 0.431 e. The van der Waals surface area contributed by atoms with E-state index >= 15 is 4.39 Å². The number of hydrogen-bond donors (Lipinski definition) is 0. The third-order valence-electron chi connectivity index (χ3n) is 4.87. The molecule has 1 saturated heterocycles. The number of halogens is 6. The van der Waals surface area contributed by atoms with E-state index in [1.807, 2.05) is 0 Å². The molecule has 2 atom stereocenters. The summed E-state index contributed by atoms with van der Waals surface area (Å²) in [5.74, 6) is -1.02. The number of likely N-dealkylation sites (tertiary alicyclic amines) is 1. The molecule has 1 heterocycles. The first-order valence-electron chi connectivity index (χ1n) is 10.1. The van der Waals surface area contributed by atoms with E-state index in [0.717, 1.165) is 6.07 Å². The first-order chi connectivity index (χ1) is 15.3. The molecule has 0 aromatic heterocycles. The zero-order valence-electron chi connectivity index (χ0n) is 18.1. The summed E-state index contributed by atoms with van der Waals surface area (Å²) in [5, 5.41) is 0.209. The average molecular weight is 489 g/mol. The van der Waals surface area contributed by atoms with E-state index in [1.54, 1.807) is 12.1 Å². The van der Waals surface area contributed by atoms with Crippen LogP contribution in [-0.2, 0) is 4.74 Å². The van der Waals surface area contributed by atoms with Crippen molar-refractivity contribution in [3.8, 4) is 11.1 Å². The summed E-state index contributed by atoms with van der Waals surface area (Å²) < 4.78 is 76.5. The summed E-state index contributed by atoms with van der Waals surface area (Å²) in [6.45, 7) is 4.03. The van der Waals surface area contributed by atoms with E-state index in [4.69, 9.17) is 16.3 Å². The molecule has 1 aliphatic heterocycles. The van der Waals surface area contributed by atoms with Gasteiger partial charge < -0.3 is 4.74 Å². The summed E-state index contributed by atoms with van der Waals surface area (Å²) in [7, 11) is 0. The number of carbonyl (C=O) groups excluding carboxylic acids is 1. The Labute approximate surface area is 193 Å². The fourth-order valence-electron chi connectivity index (χ4n) is 3.52. The molecular formula is C23H22ClF5N2O2. The highest BCUT2D eigenvalue weighted by molar-refractivity contribution is 6.33. The van der Waals surface area contributed by atoms with Crippen molar-refractivity contribution in [1.29, 1.82) is 0 Å². The van der Waals surface area contributed by atoms with Crippen LogP contribution in [0.5, 0.6) is 0 Å². The fourth-order valence-corrected chi connectivity index (χ4v) is 3.75. The van der Waals surface area contributed by atoms with Gasteiger partial charge in [-0.05, 0) is 32.9 Å². The maximum atomic E-state index is 15.2. The Kier molecular flexibility index (Phi) is 7.02. The average Bonchev–Trinajstić information content (AvgIpc) is 3.07. The van der Waals surface area contributed by atoms with Crippen LogP contribution in [0.15, 0.2) is 47.5 Å². The second-order valence-corrected chi connectivity index (χ2v) is 9.00. The van der Waals surface area contributed by atoms with Gasteiger partial charge in [-0.1, -0.05) is 41.9 Å². The molecule has 1 aliphatic rings. The van der Waals surface area contributed by atoms with Gasteiger partial charge in [-0.3, -0.25) is 4.90 Å². The first kappa shape index (κ1) is 25.0. The molecule has 0 N–H and O–H groups in total. The number of benzene rings is 2. The molecule has 4 nitrogen and oxygen atoms in total. The zero-order chi connectivity index (χ0) is 24.6. The Morgan fingerprint density at radius 3 is 2.33 bits per heavy atom. The van der Waals surface area contributed by atoms with Crippen molar-refractivity contribution >= 4 is 29.1 Å². The number of rotatable bonds is 3. The van der Waals surface area contributed by atoms with Gasteiger partial charge in [-0.15, -0.1) is 0 Å². The minimum Gasteiger partial charge on any atom is -0.444 e. The number of ether oxygens (including phenoxy) is 1. The van der Waals surface area contributed by atoms with Crippen LogP contribution in [0.3, 0.4) is 0 Å². The second kappa shape index (κ2) is 9.29. The van der Waals surface area contributed by atoms with E-state index < -0.39 is 60.3 Å². The number of amides is 1. The SMILES string of the molecule is CC(C)(C)OC(=O)N1C[C@H](F)C[C@H]1/C(=N\c1cccc(-c2ccccc2Cl)c1F)C(F)(F)F. The first-order valence-corrected chi connectivity index (χ1v) is 10.5. The molecule has 1 amide bonds. The van der Waals surface area contributed by atoms with Crippen molar-refractivity contribution in [3.63, 3.8) is 0 Å². The summed E-state index contributed by atoms with van der Waals surface area (Å²) >= 11 is 6.11. The predicted octanol–water partition coefficient (Wildman–Crippen LogP) is 7.13. The van der Waals surface area contributed by atoms with E-state index in [1.165, 1.54) is 45.0 Å². The summed E-state index contributed by atoms with van der Waals surface area (Å²) in [6.07, 6.45) is -8.50. The predicted molar refractivity (Wildman–Crippen MR) is 116 cm³/mol. The lowest BCUT2D eigenvalue weighted by atomic mass is 10.0. The van der Waals surface area contributed by atoms with Crippen molar-refractivity contribution in [2.24, 2.45) is 4.99 Å². The van der Waals surface area contributed by atoms with Crippen LogP contribution in [0.4, 0.5) is 32.4 Å². The van der Waals surface area contributed by atoms with E-state index in [2.05, 4.69) is 4.99 Å². The lowest BCUT2D eigenvalue weighted by molar-refractivity contribution is -0.0636. The van der Waals surface area contributed by atoms with Gasteiger partial charge >= 0.3 is 12.3 Å². The molecule has 0 saturated carbocycles. The number of hydrogen-bond acceptors (Lipinski definition) is 3. The lowest BCUT2D eigenvalue weighted by Gasteiger charge is -2.29. The van der Waals surface area contributed by atoms with Gasteiger partial charge in [0.15, 0.2) is 5.82 Å². The largest absolute Gasteiger partial charge is 0.444 e. The molecule has 2 aromatic rings. The molecule has 0 aliphatic carbocycles. The Morgan fingerprint density at radius 2 is 1.73 bits per heavy atom. The quantitative estimate of drug-likeness (QED) is 0.341. The monoisotopic (exact) mass is 488 g/mol. The van der Waals surface area contributed by atoms with Crippen molar-refractivity contribution in [2.45, 2.75) is 51.2 Å². The summed E-state index contributed by atoms with van der Waals surface area (Å²) in [6, 6.07) is 8.29. The van der Waals surface area contributed by atoms with Gasteiger partial charge in [-0.2, -0.15) is 13.2 Å². The Balaban J connectivity index is 2.07. The fraction of sp³-hybridized carbons (Fsp3) is 0.391. The minimum absolute atomic E-state index is 0.0397. The van der Waals surface area contributed by atoms with Crippen LogP contribution in [0.25, 0.3) is 11.1 Å². The molecule has 10 heteroatoms. The van der Waals surface area contributed by atoms with Crippen LogP contribution in [0.1, 0.15) is 27.2 Å². The van der Waals surface area contributed by atoms with E-state index in [0.29, 0.717) is 4.90 Å². The molecule has 2 aromatic carbocycles.